The number of hydrogen-bond donors (Lipinski definition) is 1. The molecule has 5 heteroatoms. The van der Waals surface area contributed by atoms with Gasteiger partial charge in [-0.3, -0.25) is 4.79 Å². The van der Waals surface area contributed by atoms with Gasteiger partial charge in [-0.05, 0) is 44.3 Å². The van der Waals surface area contributed by atoms with Crippen molar-refractivity contribution in [2.24, 2.45) is 0 Å². The summed E-state index contributed by atoms with van der Waals surface area (Å²) in [6.45, 7) is 2.65. The Hall–Kier alpha value is -1.98. The Kier molecular flexibility index (Phi) is 8.01. The van der Waals surface area contributed by atoms with Gasteiger partial charge in [0.2, 0.25) is 5.91 Å². The van der Waals surface area contributed by atoms with Crippen LogP contribution in [0.25, 0.3) is 0 Å². The van der Waals surface area contributed by atoms with Gasteiger partial charge in [0.25, 0.3) is 0 Å². The molecule has 140 valence electrons. The van der Waals surface area contributed by atoms with E-state index in [2.05, 4.69) is 47.5 Å². The fourth-order valence-corrected chi connectivity index (χ4v) is 3.47. The number of amides is 1. The molecular formula is C21H28N2O2S. The van der Waals surface area contributed by atoms with Crippen LogP contribution in [0.15, 0.2) is 48.5 Å². The van der Waals surface area contributed by atoms with Crippen LogP contribution in [-0.2, 0) is 10.5 Å². The van der Waals surface area contributed by atoms with Crippen molar-refractivity contribution < 1.29 is 9.53 Å². The van der Waals surface area contributed by atoms with Gasteiger partial charge in [0, 0.05) is 12.3 Å². The molecule has 2 aromatic carbocycles. The lowest BCUT2D eigenvalue weighted by Gasteiger charge is -2.25. The summed E-state index contributed by atoms with van der Waals surface area (Å²) in [5, 5.41) is 3.05. The number of carbonyl (C=O) groups excluding carboxylic acids is 1. The molecule has 2 rings (SSSR count). The fourth-order valence-electron chi connectivity index (χ4n) is 2.65. The molecule has 0 aromatic heterocycles. The van der Waals surface area contributed by atoms with Gasteiger partial charge >= 0.3 is 0 Å². The van der Waals surface area contributed by atoms with Crippen LogP contribution in [0.5, 0.6) is 5.75 Å². The van der Waals surface area contributed by atoms with E-state index in [-0.39, 0.29) is 11.9 Å². The van der Waals surface area contributed by atoms with Crippen molar-refractivity contribution in [3.8, 4) is 5.75 Å². The van der Waals surface area contributed by atoms with Gasteiger partial charge in [0.05, 0.1) is 18.9 Å². The van der Waals surface area contributed by atoms with E-state index < -0.39 is 0 Å². The quantitative estimate of drug-likeness (QED) is 0.729. The molecule has 1 unspecified atom stereocenters. The number of thioether (sulfide) groups is 1. The smallest absolute Gasteiger partial charge is 0.230 e. The van der Waals surface area contributed by atoms with Crippen molar-refractivity contribution in [2.45, 2.75) is 18.7 Å². The highest BCUT2D eigenvalue weighted by Gasteiger charge is 2.16. The van der Waals surface area contributed by atoms with Crippen LogP contribution < -0.4 is 10.1 Å². The molecular weight excluding hydrogens is 344 g/mol. The number of aryl methyl sites for hydroxylation is 1. The molecule has 1 N–H and O–H groups in total. The van der Waals surface area contributed by atoms with E-state index in [1.165, 1.54) is 11.1 Å². The summed E-state index contributed by atoms with van der Waals surface area (Å²) in [6, 6.07) is 16.5. The Balaban J connectivity index is 1.82. The summed E-state index contributed by atoms with van der Waals surface area (Å²) in [6.07, 6.45) is 0. The van der Waals surface area contributed by atoms with Crippen molar-refractivity contribution in [1.82, 2.24) is 10.2 Å². The van der Waals surface area contributed by atoms with Gasteiger partial charge < -0.3 is 15.0 Å². The molecule has 0 radical (unpaired) electrons. The third-order valence-electron chi connectivity index (χ3n) is 4.22. The van der Waals surface area contributed by atoms with Crippen molar-refractivity contribution in [3.05, 3.63) is 65.2 Å². The molecule has 26 heavy (non-hydrogen) atoms. The summed E-state index contributed by atoms with van der Waals surface area (Å²) in [7, 11) is 5.70. The van der Waals surface area contributed by atoms with Crippen molar-refractivity contribution in [3.63, 3.8) is 0 Å². The maximum atomic E-state index is 12.2. The highest BCUT2D eigenvalue weighted by molar-refractivity contribution is 7.99. The van der Waals surface area contributed by atoms with E-state index in [0.717, 1.165) is 17.1 Å². The number of methoxy groups -OCH3 is 1. The van der Waals surface area contributed by atoms with Crippen LogP contribution >= 0.6 is 11.8 Å². The number of nitrogens with one attached hydrogen (secondary N) is 1. The third kappa shape index (κ3) is 6.39. The van der Waals surface area contributed by atoms with Crippen molar-refractivity contribution >= 4 is 17.7 Å². The molecule has 1 atom stereocenters. The molecule has 0 heterocycles. The second-order valence-electron chi connectivity index (χ2n) is 6.54. The van der Waals surface area contributed by atoms with Gasteiger partial charge in [0.15, 0.2) is 0 Å². The van der Waals surface area contributed by atoms with Crippen LogP contribution in [-0.4, -0.2) is 44.3 Å². The van der Waals surface area contributed by atoms with Crippen LogP contribution in [0.4, 0.5) is 0 Å². The average molecular weight is 373 g/mol. The minimum Gasteiger partial charge on any atom is -0.497 e. The topological polar surface area (TPSA) is 41.6 Å². The van der Waals surface area contributed by atoms with Crippen molar-refractivity contribution in [2.75, 3.05) is 33.5 Å². The minimum atomic E-state index is 0.0665. The highest BCUT2D eigenvalue weighted by Crippen LogP contribution is 2.22. The van der Waals surface area contributed by atoms with E-state index >= 15 is 0 Å². The molecule has 0 saturated carbocycles. The first-order valence-corrected chi connectivity index (χ1v) is 9.85. The Labute approximate surface area is 160 Å². The minimum absolute atomic E-state index is 0.0665. The van der Waals surface area contributed by atoms with Crippen LogP contribution in [0.3, 0.4) is 0 Å². The van der Waals surface area contributed by atoms with Gasteiger partial charge in [0.1, 0.15) is 5.75 Å². The van der Waals surface area contributed by atoms with E-state index in [0.29, 0.717) is 12.3 Å². The van der Waals surface area contributed by atoms with Crippen LogP contribution in [0.1, 0.15) is 22.7 Å². The van der Waals surface area contributed by atoms with E-state index in [9.17, 15) is 4.79 Å². The molecule has 0 spiro atoms. The molecule has 1 amide bonds. The maximum absolute atomic E-state index is 12.2. The fraction of sp³-hybridized carbons (Fsp3) is 0.381. The number of benzene rings is 2. The van der Waals surface area contributed by atoms with Gasteiger partial charge in [-0.15, -0.1) is 11.8 Å². The number of rotatable bonds is 9. The number of carbonyl (C=O) groups is 1. The van der Waals surface area contributed by atoms with Crippen LogP contribution in [0, 0.1) is 6.92 Å². The number of likely N-dealkylation sites (N-methyl/N-ethyl adjacent to an activating group) is 1. The number of ether oxygens (including phenoxy) is 1. The Morgan fingerprint density at radius 3 is 2.58 bits per heavy atom. The molecule has 4 nitrogen and oxygen atoms in total. The molecule has 0 bridgehead atoms. The number of nitrogens with zero attached hydrogens (tertiary/aromatic N) is 1. The lowest BCUT2D eigenvalue weighted by atomic mass is 10.1. The van der Waals surface area contributed by atoms with Gasteiger partial charge in [-0.2, -0.15) is 0 Å². The highest BCUT2D eigenvalue weighted by atomic mass is 32.2. The lowest BCUT2D eigenvalue weighted by Crippen LogP contribution is -2.35. The second kappa shape index (κ2) is 10.2. The molecule has 2 aromatic rings. The summed E-state index contributed by atoms with van der Waals surface area (Å²) < 4.78 is 5.30. The standard InChI is InChI=1S/C21H28N2O2S/c1-16-8-10-17(11-9-16)14-26-15-21(24)22-13-20(23(2)3)18-6-5-7-19(12-18)25-4/h5-12,20H,13-15H2,1-4H3,(H,22,24). The average Bonchev–Trinajstić information content (AvgIpc) is 2.63. The third-order valence-corrected chi connectivity index (χ3v) is 5.22. The van der Waals surface area contributed by atoms with Gasteiger partial charge in [-0.25, -0.2) is 0 Å². The number of hydrogen-bond acceptors (Lipinski definition) is 4. The first kappa shape index (κ1) is 20.3. The first-order valence-electron chi connectivity index (χ1n) is 8.70. The molecule has 0 aliphatic carbocycles. The Bertz CT molecular complexity index is 701. The molecule has 0 saturated heterocycles. The zero-order valence-corrected chi connectivity index (χ0v) is 16.8. The zero-order chi connectivity index (χ0) is 18.9. The predicted octanol–water partition coefficient (Wildman–Crippen LogP) is 3.66. The summed E-state index contributed by atoms with van der Waals surface area (Å²) in [4.78, 5) is 14.3. The van der Waals surface area contributed by atoms with Crippen LogP contribution in [0.2, 0.25) is 0 Å². The maximum Gasteiger partial charge on any atom is 0.230 e. The van der Waals surface area contributed by atoms with Gasteiger partial charge in [-0.1, -0.05) is 42.0 Å². The monoisotopic (exact) mass is 372 g/mol. The predicted molar refractivity (Wildman–Crippen MR) is 110 cm³/mol. The Morgan fingerprint density at radius 1 is 1.19 bits per heavy atom. The van der Waals surface area contributed by atoms with E-state index in [1.54, 1.807) is 18.9 Å². The SMILES string of the molecule is COc1cccc(C(CNC(=O)CSCc2ccc(C)cc2)N(C)C)c1. The second-order valence-corrected chi connectivity index (χ2v) is 7.52. The van der Waals surface area contributed by atoms with E-state index in [4.69, 9.17) is 4.74 Å². The molecule has 0 aliphatic rings. The largest absolute Gasteiger partial charge is 0.497 e. The lowest BCUT2D eigenvalue weighted by molar-refractivity contribution is -0.118. The normalized spacial score (nSPS) is 12.0. The van der Waals surface area contributed by atoms with Crippen molar-refractivity contribution in [1.29, 1.82) is 0 Å². The summed E-state index contributed by atoms with van der Waals surface area (Å²) in [5.74, 6) is 2.21. The zero-order valence-electron chi connectivity index (χ0n) is 16.0. The summed E-state index contributed by atoms with van der Waals surface area (Å²) >= 11 is 1.64. The first-order chi connectivity index (χ1) is 12.5. The Morgan fingerprint density at radius 2 is 1.92 bits per heavy atom. The molecule has 0 aliphatic heterocycles. The molecule has 0 fully saturated rings. The summed E-state index contributed by atoms with van der Waals surface area (Å²) in [5.41, 5.74) is 3.63. The van der Waals surface area contributed by atoms with E-state index in [1.807, 2.05) is 32.3 Å².